The molecule has 2 aliphatic rings. The Hall–Kier alpha value is -2.44. The van der Waals surface area contributed by atoms with E-state index in [4.69, 9.17) is 0 Å². The van der Waals surface area contributed by atoms with E-state index in [1.165, 1.54) is 16.8 Å². The second kappa shape index (κ2) is 5.28. The summed E-state index contributed by atoms with van der Waals surface area (Å²) in [7, 11) is 1.67. The number of amides is 2. The third-order valence-corrected chi connectivity index (χ3v) is 5.73. The molecule has 2 heterocycles. The zero-order chi connectivity index (χ0) is 17.9. The standard InChI is InChI=1S/C18H20F2N4O/c1-18(2)12-8-24(9-13(12)18)17(25)21-16-7-15(22-23(16)3)11-5-4-10(19)6-14(11)20/h4-7,12-13H,8-9H2,1-3H3,(H,21,25). The van der Waals surface area contributed by atoms with Gasteiger partial charge in [0, 0.05) is 37.8 Å². The first-order valence-corrected chi connectivity index (χ1v) is 8.33. The molecule has 0 radical (unpaired) electrons. The summed E-state index contributed by atoms with van der Waals surface area (Å²) in [6.07, 6.45) is 0. The van der Waals surface area contributed by atoms with Crippen molar-refractivity contribution < 1.29 is 13.6 Å². The number of likely N-dealkylation sites (tertiary alicyclic amines) is 1. The number of aryl methyl sites for hydroxylation is 1. The summed E-state index contributed by atoms with van der Waals surface area (Å²) in [5, 5.41) is 7.05. The van der Waals surface area contributed by atoms with Gasteiger partial charge in [-0.1, -0.05) is 13.8 Å². The molecule has 4 rings (SSSR count). The third kappa shape index (κ3) is 2.58. The number of nitrogens with zero attached hydrogens (tertiary/aromatic N) is 3. The molecule has 2 unspecified atom stereocenters. The fourth-order valence-electron chi connectivity index (χ4n) is 3.90. The monoisotopic (exact) mass is 346 g/mol. The number of piperidine rings is 1. The van der Waals surface area contributed by atoms with Gasteiger partial charge in [-0.05, 0) is 29.4 Å². The van der Waals surface area contributed by atoms with Crippen molar-refractivity contribution in [2.45, 2.75) is 13.8 Å². The molecule has 1 aromatic carbocycles. The molecule has 1 saturated heterocycles. The molecule has 2 atom stereocenters. The van der Waals surface area contributed by atoms with Crippen molar-refractivity contribution in [3.8, 4) is 11.3 Å². The highest BCUT2D eigenvalue weighted by atomic mass is 19.1. The number of hydrogen-bond acceptors (Lipinski definition) is 2. The summed E-state index contributed by atoms with van der Waals surface area (Å²) < 4.78 is 28.5. The lowest BCUT2D eigenvalue weighted by Gasteiger charge is -2.22. The Morgan fingerprint density at radius 2 is 1.92 bits per heavy atom. The van der Waals surface area contributed by atoms with Gasteiger partial charge in [-0.2, -0.15) is 5.10 Å². The first-order chi connectivity index (χ1) is 11.8. The lowest BCUT2D eigenvalue weighted by molar-refractivity contribution is 0.209. The van der Waals surface area contributed by atoms with Crippen LogP contribution in [-0.2, 0) is 7.05 Å². The maximum Gasteiger partial charge on any atom is 0.323 e. The molecule has 25 heavy (non-hydrogen) atoms. The molecule has 1 aliphatic carbocycles. The molecule has 0 bridgehead atoms. The van der Waals surface area contributed by atoms with Crippen molar-refractivity contribution in [1.29, 1.82) is 0 Å². The second-order valence-electron chi connectivity index (χ2n) is 7.53. The Labute approximate surface area is 144 Å². The molecule has 132 valence electrons. The van der Waals surface area contributed by atoms with Crippen LogP contribution in [0.2, 0.25) is 0 Å². The number of anilines is 1. The highest BCUT2D eigenvalue weighted by molar-refractivity contribution is 5.89. The predicted octanol–water partition coefficient (Wildman–Crippen LogP) is 3.49. The van der Waals surface area contributed by atoms with Crippen molar-refractivity contribution in [2.24, 2.45) is 24.3 Å². The topological polar surface area (TPSA) is 50.2 Å². The Balaban J connectivity index is 1.49. The highest BCUT2D eigenvalue weighted by Gasteiger charge is 2.62. The van der Waals surface area contributed by atoms with Gasteiger partial charge in [0.15, 0.2) is 0 Å². The minimum atomic E-state index is -0.683. The average Bonchev–Trinajstić information content (AvgIpc) is 2.93. The van der Waals surface area contributed by atoms with Crippen molar-refractivity contribution in [3.63, 3.8) is 0 Å². The number of benzene rings is 1. The van der Waals surface area contributed by atoms with Gasteiger partial charge in [-0.15, -0.1) is 0 Å². The summed E-state index contributed by atoms with van der Waals surface area (Å²) in [6, 6.07) is 4.77. The number of nitrogens with one attached hydrogen (secondary N) is 1. The Bertz CT molecular complexity index is 847. The van der Waals surface area contributed by atoms with E-state index < -0.39 is 11.6 Å². The zero-order valence-corrected chi connectivity index (χ0v) is 14.4. The maximum absolute atomic E-state index is 13.9. The van der Waals surface area contributed by atoms with Crippen LogP contribution in [0.25, 0.3) is 11.3 Å². The molecular formula is C18H20F2N4O. The number of hydrogen-bond donors (Lipinski definition) is 1. The van der Waals surface area contributed by atoms with Crippen LogP contribution in [0.4, 0.5) is 19.4 Å². The van der Waals surface area contributed by atoms with E-state index in [1.54, 1.807) is 13.1 Å². The third-order valence-electron chi connectivity index (χ3n) is 5.73. The van der Waals surface area contributed by atoms with Gasteiger partial charge >= 0.3 is 6.03 Å². The van der Waals surface area contributed by atoms with Gasteiger partial charge in [0.2, 0.25) is 0 Å². The van der Waals surface area contributed by atoms with Gasteiger partial charge < -0.3 is 4.90 Å². The summed E-state index contributed by atoms with van der Waals surface area (Å²) in [4.78, 5) is 14.3. The van der Waals surface area contributed by atoms with E-state index in [0.29, 0.717) is 28.8 Å². The summed E-state index contributed by atoms with van der Waals surface area (Å²) >= 11 is 0. The fraction of sp³-hybridized carbons (Fsp3) is 0.444. The molecule has 0 spiro atoms. The van der Waals surface area contributed by atoms with Crippen LogP contribution in [0.15, 0.2) is 24.3 Å². The van der Waals surface area contributed by atoms with E-state index in [-0.39, 0.29) is 11.6 Å². The van der Waals surface area contributed by atoms with E-state index in [1.807, 2.05) is 4.90 Å². The van der Waals surface area contributed by atoms with Crippen LogP contribution in [0.3, 0.4) is 0 Å². The van der Waals surface area contributed by atoms with E-state index in [0.717, 1.165) is 19.2 Å². The fourth-order valence-corrected chi connectivity index (χ4v) is 3.90. The number of urea groups is 1. The molecule has 1 aromatic heterocycles. The van der Waals surface area contributed by atoms with Crippen molar-refractivity contribution in [1.82, 2.24) is 14.7 Å². The van der Waals surface area contributed by atoms with Gasteiger partial charge in [0.1, 0.15) is 17.5 Å². The van der Waals surface area contributed by atoms with Gasteiger partial charge in [-0.3, -0.25) is 10.00 Å². The molecule has 5 nitrogen and oxygen atoms in total. The van der Waals surface area contributed by atoms with Gasteiger partial charge in [0.25, 0.3) is 0 Å². The quantitative estimate of drug-likeness (QED) is 0.905. The van der Waals surface area contributed by atoms with E-state index in [9.17, 15) is 13.6 Å². The summed E-state index contributed by atoms with van der Waals surface area (Å²) in [5.74, 6) is 0.310. The first-order valence-electron chi connectivity index (χ1n) is 8.33. The van der Waals surface area contributed by atoms with Crippen molar-refractivity contribution in [3.05, 3.63) is 35.9 Å². The number of fused-ring (bicyclic) bond motifs is 1. The molecule has 1 aliphatic heterocycles. The van der Waals surface area contributed by atoms with E-state index >= 15 is 0 Å². The van der Waals surface area contributed by atoms with Crippen molar-refractivity contribution in [2.75, 3.05) is 18.4 Å². The lowest BCUT2D eigenvalue weighted by atomic mass is 10.1. The molecule has 1 saturated carbocycles. The van der Waals surface area contributed by atoms with Gasteiger partial charge in [-0.25, -0.2) is 13.6 Å². The number of aromatic nitrogens is 2. The number of carbonyl (C=O) groups is 1. The Kier molecular flexibility index (Phi) is 3.39. The normalized spacial score (nSPS) is 23.5. The lowest BCUT2D eigenvalue weighted by Crippen LogP contribution is -2.36. The van der Waals surface area contributed by atoms with Crippen molar-refractivity contribution >= 4 is 11.8 Å². The molecule has 2 amide bonds. The summed E-state index contributed by atoms with van der Waals surface area (Å²) in [5.41, 5.74) is 0.888. The SMILES string of the molecule is Cn1nc(-c2ccc(F)cc2F)cc1NC(=O)N1CC2C(C1)C2(C)C. The Morgan fingerprint density at radius 1 is 1.24 bits per heavy atom. The van der Waals surface area contributed by atoms with Crippen LogP contribution in [0.5, 0.6) is 0 Å². The molecule has 7 heteroatoms. The van der Waals surface area contributed by atoms with Crippen LogP contribution in [0.1, 0.15) is 13.8 Å². The smallest absolute Gasteiger partial charge is 0.323 e. The molecule has 2 aromatic rings. The number of rotatable bonds is 2. The first kappa shape index (κ1) is 16.1. The van der Waals surface area contributed by atoms with E-state index in [2.05, 4.69) is 24.3 Å². The average molecular weight is 346 g/mol. The minimum absolute atomic E-state index is 0.169. The maximum atomic E-state index is 13.9. The largest absolute Gasteiger partial charge is 0.324 e. The second-order valence-corrected chi connectivity index (χ2v) is 7.53. The van der Waals surface area contributed by atoms with Gasteiger partial charge in [0.05, 0.1) is 5.69 Å². The van der Waals surface area contributed by atoms with Crippen LogP contribution >= 0.6 is 0 Å². The highest BCUT2D eigenvalue weighted by Crippen LogP contribution is 2.61. The zero-order valence-electron chi connectivity index (χ0n) is 14.4. The van der Waals surface area contributed by atoms with Crippen LogP contribution in [-0.4, -0.2) is 33.8 Å². The number of halogens is 2. The summed E-state index contributed by atoms with van der Waals surface area (Å²) in [6.45, 7) is 6.01. The predicted molar refractivity (Wildman–Crippen MR) is 89.9 cm³/mol. The molecular weight excluding hydrogens is 326 g/mol. The minimum Gasteiger partial charge on any atom is -0.324 e. The van der Waals surface area contributed by atoms with Crippen LogP contribution < -0.4 is 5.32 Å². The molecule has 2 fully saturated rings. The van der Waals surface area contributed by atoms with Crippen LogP contribution in [0, 0.1) is 28.9 Å². The Morgan fingerprint density at radius 3 is 2.56 bits per heavy atom. The molecule has 1 N–H and O–H groups in total. The number of carbonyl (C=O) groups excluding carboxylic acids is 1.